The van der Waals surface area contributed by atoms with E-state index in [9.17, 15) is 9.90 Å². The summed E-state index contributed by atoms with van der Waals surface area (Å²) in [6, 6.07) is 15.2. The Morgan fingerprint density at radius 3 is 2.18 bits per heavy atom. The lowest BCUT2D eigenvalue weighted by atomic mass is 9.76. The van der Waals surface area contributed by atoms with Gasteiger partial charge in [0.25, 0.3) is 5.91 Å². The Hall–Kier alpha value is -3.25. The molecule has 206 valence electrons. The molecule has 0 radical (unpaired) electrons. The maximum absolute atomic E-state index is 12.9. The Morgan fingerprint density at radius 2 is 1.53 bits per heavy atom. The van der Waals surface area contributed by atoms with Crippen molar-refractivity contribution in [2.45, 2.75) is 71.6 Å². The molecule has 6 heteroatoms. The molecule has 0 aromatic heterocycles. The summed E-state index contributed by atoms with van der Waals surface area (Å²) in [5.74, 6) is 0.853. The van der Waals surface area contributed by atoms with Gasteiger partial charge in [-0.2, -0.15) is 0 Å². The summed E-state index contributed by atoms with van der Waals surface area (Å²) in [4.78, 5) is 12.9. The second kappa shape index (κ2) is 12.5. The molecule has 0 heterocycles. The van der Waals surface area contributed by atoms with Gasteiger partial charge in [0, 0.05) is 22.9 Å². The van der Waals surface area contributed by atoms with E-state index in [-0.39, 0.29) is 41.3 Å². The second-order valence-electron chi connectivity index (χ2n) is 11.0. The Labute approximate surface area is 227 Å². The highest BCUT2D eigenvalue weighted by Gasteiger charge is 2.26. The van der Waals surface area contributed by atoms with Gasteiger partial charge in [-0.1, -0.05) is 77.9 Å². The number of hydrogen-bond donors (Lipinski definition) is 3. The average molecular weight is 522 g/mol. The smallest absolute Gasteiger partial charge is 0.255 e. The summed E-state index contributed by atoms with van der Waals surface area (Å²) in [6.07, 6.45) is 2.66. The van der Waals surface area contributed by atoms with Crippen LogP contribution in [0.15, 0.2) is 48.5 Å². The fraction of sp³-hybridized carbons (Fsp3) is 0.469. The van der Waals surface area contributed by atoms with Crippen LogP contribution in [-0.2, 0) is 10.8 Å². The predicted molar refractivity (Wildman–Crippen MR) is 154 cm³/mol. The number of aromatic hydroxyl groups is 1. The minimum Gasteiger partial charge on any atom is -0.506 e. The molecular formula is C32H43NO5. The van der Waals surface area contributed by atoms with Crippen molar-refractivity contribution in [3.8, 4) is 17.2 Å². The van der Waals surface area contributed by atoms with Gasteiger partial charge in [0.15, 0.2) is 0 Å². The standard InChI is InChI=1S/C32H43NO5/c1-7-31(3,4)22-14-15-27(26(20-22)32(5,6)8-2)37-18-11-16-33-30(36)25-21-28(38-19-17-34)23-12-9-10-13-24(23)29(25)35/h9-10,12-15,20-21,34-35H,7-8,11,16-19H2,1-6H3,(H,33,36). The van der Waals surface area contributed by atoms with Gasteiger partial charge in [-0.05, 0) is 47.8 Å². The molecule has 38 heavy (non-hydrogen) atoms. The number of carbonyl (C=O) groups is 1. The SMILES string of the molecule is CCC(C)(C)c1ccc(OCCCNC(=O)c2cc(OCCO)c3ccccc3c2O)c(C(C)(C)CC)c1. The van der Waals surface area contributed by atoms with E-state index in [1.807, 2.05) is 12.1 Å². The Balaban J connectivity index is 1.67. The fourth-order valence-electron chi connectivity index (χ4n) is 4.33. The lowest BCUT2D eigenvalue weighted by Crippen LogP contribution is -2.26. The molecule has 3 aromatic carbocycles. The van der Waals surface area contributed by atoms with E-state index in [1.165, 1.54) is 17.2 Å². The molecule has 0 aliphatic carbocycles. The van der Waals surface area contributed by atoms with E-state index < -0.39 is 0 Å². The van der Waals surface area contributed by atoms with Crippen LogP contribution in [0.1, 0.15) is 82.3 Å². The minimum absolute atomic E-state index is 0.0210. The number of phenolic OH excluding ortho intramolecular Hbond substituents is 1. The molecule has 0 spiro atoms. The van der Waals surface area contributed by atoms with Crippen molar-refractivity contribution in [1.82, 2.24) is 5.32 Å². The number of phenols is 1. The summed E-state index contributed by atoms with van der Waals surface area (Å²) in [5, 5.41) is 24.0. The van der Waals surface area contributed by atoms with Crippen LogP contribution in [0.4, 0.5) is 0 Å². The van der Waals surface area contributed by atoms with Crippen molar-refractivity contribution in [2.75, 3.05) is 26.4 Å². The minimum atomic E-state index is -0.388. The van der Waals surface area contributed by atoms with Crippen molar-refractivity contribution < 1.29 is 24.5 Å². The second-order valence-corrected chi connectivity index (χ2v) is 11.0. The summed E-state index contributed by atoms with van der Waals surface area (Å²) in [6.45, 7) is 14.2. The zero-order chi connectivity index (χ0) is 27.9. The van der Waals surface area contributed by atoms with Crippen molar-refractivity contribution in [3.05, 3.63) is 65.2 Å². The fourth-order valence-corrected chi connectivity index (χ4v) is 4.33. The topological polar surface area (TPSA) is 88.0 Å². The van der Waals surface area contributed by atoms with Gasteiger partial charge in [0.1, 0.15) is 23.9 Å². The first-order chi connectivity index (χ1) is 18.1. The van der Waals surface area contributed by atoms with Gasteiger partial charge >= 0.3 is 0 Å². The number of aliphatic hydroxyl groups excluding tert-OH is 1. The molecule has 3 aromatic rings. The molecule has 3 rings (SSSR count). The third kappa shape index (κ3) is 6.60. The van der Waals surface area contributed by atoms with Gasteiger partial charge in [-0.15, -0.1) is 0 Å². The van der Waals surface area contributed by atoms with Crippen LogP contribution in [0.5, 0.6) is 17.2 Å². The van der Waals surface area contributed by atoms with Gasteiger partial charge in [0.05, 0.1) is 18.8 Å². The normalized spacial score (nSPS) is 12.0. The van der Waals surface area contributed by atoms with Gasteiger partial charge < -0.3 is 25.0 Å². The molecule has 0 atom stereocenters. The number of aliphatic hydroxyl groups is 1. The van der Waals surface area contributed by atoms with Crippen LogP contribution in [0.2, 0.25) is 0 Å². The number of benzene rings is 3. The number of hydrogen-bond acceptors (Lipinski definition) is 5. The number of ether oxygens (including phenoxy) is 2. The van der Waals surface area contributed by atoms with E-state index in [0.717, 1.165) is 18.6 Å². The average Bonchev–Trinajstić information content (AvgIpc) is 2.92. The zero-order valence-corrected chi connectivity index (χ0v) is 23.7. The lowest BCUT2D eigenvalue weighted by Gasteiger charge is -2.30. The van der Waals surface area contributed by atoms with E-state index in [0.29, 0.717) is 36.1 Å². The van der Waals surface area contributed by atoms with Gasteiger partial charge in [-0.3, -0.25) is 4.79 Å². The van der Waals surface area contributed by atoms with Gasteiger partial charge in [-0.25, -0.2) is 0 Å². The summed E-state index contributed by atoms with van der Waals surface area (Å²) < 4.78 is 11.8. The number of carbonyl (C=O) groups excluding carboxylic acids is 1. The van der Waals surface area contributed by atoms with Crippen LogP contribution >= 0.6 is 0 Å². The largest absolute Gasteiger partial charge is 0.506 e. The van der Waals surface area contributed by atoms with E-state index in [1.54, 1.807) is 12.1 Å². The zero-order valence-electron chi connectivity index (χ0n) is 23.7. The van der Waals surface area contributed by atoms with Crippen LogP contribution in [0.25, 0.3) is 10.8 Å². The summed E-state index contributed by atoms with van der Waals surface area (Å²) in [7, 11) is 0. The highest BCUT2D eigenvalue weighted by atomic mass is 16.5. The lowest BCUT2D eigenvalue weighted by molar-refractivity contribution is 0.0948. The van der Waals surface area contributed by atoms with Crippen LogP contribution in [-0.4, -0.2) is 42.5 Å². The Bertz CT molecular complexity index is 1250. The maximum Gasteiger partial charge on any atom is 0.255 e. The van der Waals surface area contributed by atoms with Crippen molar-refractivity contribution in [3.63, 3.8) is 0 Å². The van der Waals surface area contributed by atoms with Gasteiger partial charge in [0.2, 0.25) is 0 Å². The molecule has 0 unspecified atom stereocenters. The molecular weight excluding hydrogens is 478 g/mol. The molecule has 0 saturated carbocycles. The van der Waals surface area contributed by atoms with Crippen LogP contribution in [0.3, 0.4) is 0 Å². The number of rotatable bonds is 13. The molecule has 0 bridgehead atoms. The molecule has 0 aliphatic rings. The highest BCUT2D eigenvalue weighted by Crippen LogP contribution is 2.39. The first-order valence-electron chi connectivity index (χ1n) is 13.6. The molecule has 6 nitrogen and oxygen atoms in total. The third-order valence-electron chi connectivity index (χ3n) is 7.69. The molecule has 0 fully saturated rings. The number of amides is 1. The Morgan fingerprint density at radius 1 is 0.868 bits per heavy atom. The maximum atomic E-state index is 12.9. The van der Waals surface area contributed by atoms with Crippen molar-refractivity contribution >= 4 is 16.7 Å². The molecule has 3 N–H and O–H groups in total. The molecule has 1 amide bonds. The highest BCUT2D eigenvalue weighted by molar-refractivity contribution is 6.05. The van der Waals surface area contributed by atoms with Crippen molar-refractivity contribution in [1.29, 1.82) is 0 Å². The summed E-state index contributed by atoms with van der Waals surface area (Å²) >= 11 is 0. The molecule has 0 aliphatic heterocycles. The first-order valence-corrected chi connectivity index (χ1v) is 13.6. The number of fused-ring (bicyclic) bond motifs is 1. The monoisotopic (exact) mass is 521 g/mol. The van der Waals surface area contributed by atoms with Crippen LogP contribution in [0, 0.1) is 0 Å². The third-order valence-corrected chi connectivity index (χ3v) is 7.69. The number of nitrogens with one attached hydrogen (secondary N) is 1. The quantitative estimate of drug-likeness (QED) is 0.224. The van der Waals surface area contributed by atoms with E-state index in [2.05, 4.69) is 65.1 Å². The van der Waals surface area contributed by atoms with Crippen molar-refractivity contribution in [2.24, 2.45) is 0 Å². The molecule has 0 saturated heterocycles. The van der Waals surface area contributed by atoms with Crippen LogP contribution < -0.4 is 14.8 Å². The van der Waals surface area contributed by atoms with E-state index in [4.69, 9.17) is 14.6 Å². The summed E-state index contributed by atoms with van der Waals surface area (Å²) in [5.41, 5.74) is 2.73. The first kappa shape index (κ1) is 29.3. The van der Waals surface area contributed by atoms with E-state index >= 15 is 0 Å². The predicted octanol–water partition coefficient (Wildman–Crippen LogP) is 6.49. The Kier molecular flexibility index (Phi) is 9.66.